The minimum absolute atomic E-state index is 0.631. The van der Waals surface area contributed by atoms with Crippen LogP contribution in [-0.4, -0.2) is 16.3 Å². The lowest BCUT2D eigenvalue weighted by atomic mass is 10.4. The topological polar surface area (TPSA) is 29.9 Å². The predicted octanol–water partition coefficient (Wildman–Crippen LogP) is 2.14. The SMILES string of the molecule is C=C(Cl)CNCc1ccnn1CCC. The highest BCUT2D eigenvalue weighted by atomic mass is 35.5. The third-order valence-electron chi connectivity index (χ3n) is 1.86. The summed E-state index contributed by atoms with van der Waals surface area (Å²) in [7, 11) is 0. The van der Waals surface area contributed by atoms with Crippen LogP contribution in [0.25, 0.3) is 0 Å². The Hall–Kier alpha value is -0.800. The molecule has 0 radical (unpaired) electrons. The summed E-state index contributed by atoms with van der Waals surface area (Å²) in [4.78, 5) is 0. The first-order valence-electron chi connectivity index (χ1n) is 4.78. The Balaban J connectivity index is 2.41. The van der Waals surface area contributed by atoms with Crippen LogP contribution in [-0.2, 0) is 13.1 Å². The molecule has 3 nitrogen and oxygen atoms in total. The van der Waals surface area contributed by atoms with Gasteiger partial charge in [-0.3, -0.25) is 4.68 Å². The van der Waals surface area contributed by atoms with Crippen LogP contribution in [0.15, 0.2) is 23.9 Å². The van der Waals surface area contributed by atoms with E-state index in [1.807, 2.05) is 16.9 Å². The molecule has 1 heterocycles. The molecule has 0 aliphatic heterocycles. The minimum Gasteiger partial charge on any atom is -0.306 e. The van der Waals surface area contributed by atoms with Gasteiger partial charge in [-0.1, -0.05) is 25.1 Å². The number of aromatic nitrogens is 2. The highest BCUT2D eigenvalue weighted by Crippen LogP contribution is 2.00. The Kier molecular flexibility index (Phi) is 4.70. The van der Waals surface area contributed by atoms with Gasteiger partial charge in [0, 0.05) is 30.9 Å². The summed E-state index contributed by atoms with van der Waals surface area (Å²) in [5.74, 6) is 0. The quantitative estimate of drug-likeness (QED) is 0.785. The van der Waals surface area contributed by atoms with E-state index in [1.165, 1.54) is 5.69 Å². The molecule has 1 rings (SSSR count). The third kappa shape index (κ3) is 3.52. The van der Waals surface area contributed by atoms with Gasteiger partial charge in [-0.25, -0.2) is 0 Å². The highest BCUT2D eigenvalue weighted by molar-refractivity contribution is 6.29. The van der Waals surface area contributed by atoms with E-state index in [2.05, 4.69) is 23.9 Å². The highest BCUT2D eigenvalue weighted by Gasteiger charge is 2.00. The number of nitrogens with zero attached hydrogens (tertiary/aromatic N) is 2. The molecule has 0 spiro atoms. The summed E-state index contributed by atoms with van der Waals surface area (Å²) < 4.78 is 2.00. The van der Waals surface area contributed by atoms with Crippen LogP contribution in [0.2, 0.25) is 0 Å². The first-order valence-corrected chi connectivity index (χ1v) is 5.16. The molecule has 0 saturated carbocycles. The number of hydrogen-bond donors (Lipinski definition) is 1. The lowest BCUT2D eigenvalue weighted by Crippen LogP contribution is -2.17. The molecular weight excluding hydrogens is 198 g/mol. The first-order chi connectivity index (χ1) is 6.74. The van der Waals surface area contributed by atoms with Gasteiger partial charge in [0.2, 0.25) is 0 Å². The molecule has 0 aliphatic carbocycles. The van der Waals surface area contributed by atoms with Crippen LogP contribution in [0.4, 0.5) is 0 Å². The van der Waals surface area contributed by atoms with Gasteiger partial charge in [-0.15, -0.1) is 0 Å². The van der Waals surface area contributed by atoms with Gasteiger partial charge < -0.3 is 5.32 Å². The number of hydrogen-bond acceptors (Lipinski definition) is 2. The third-order valence-corrected chi connectivity index (χ3v) is 2.00. The molecule has 0 unspecified atom stereocenters. The smallest absolute Gasteiger partial charge is 0.0522 e. The maximum atomic E-state index is 5.64. The molecule has 0 fully saturated rings. The fourth-order valence-corrected chi connectivity index (χ4v) is 1.34. The summed E-state index contributed by atoms with van der Waals surface area (Å²) in [6.45, 7) is 8.14. The van der Waals surface area contributed by atoms with Gasteiger partial charge in [-0.2, -0.15) is 5.10 Å². The van der Waals surface area contributed by atoms with Crippen molar-refractivity contribution in [1.29, 1.82) is 0 Å². The van der Waals surface area contributed by atoms with Crippen LogP contribution < -0.4 is 5.32 Å². The van der Waals surface area contributed by atoms with E-state index in [0.717, 1.165) is 19.5 Å². The zero-order valence-corrected chi connectivity index (χ0v) is 9.22. The van der Waals surface area contributed by atoms with Crippen LogP contribution in [0.1, 0.15) is 19.0 Å². The second kappa shape index (κ2) is 5.83. The maximum absolute atomic E-state index is 5.64. The molecule has 0 saturated heterocycles. The van der Waals surface area contributed by atoms with Gasteiger partial charge in [0.15, 0.2) is 0 Å². The number of nitrogens with one attached hydrogen (secondary N) is 1. The van der Waals surface area contributed by atoms with Gasteiger partial charge in [0.05, 0.1) is 5.69 Å². The van der Waals surface area contributed by atoms with Crippen LogP contribution in [0, 0.1) is 0 Å². The predicted molar refractivity (Wildman–Crippen MR) is 59.2 cm³/mol. The summed E-state index contributed by atoms with van der Waals surface area (Å²) >= 11 is 5.64. The first kappa shape index (κ1) is 11.3. The van der Waals surface area contributed by atoms with Gasteiger partial charge >= 0.3 is 0 Å². The summed E-state index contributed by atoms with van der Waals surface area (Å²) in [5.41, 5.74) is 1.18. The van der Waals surface area contributed by atoms with Crippen molar-refractivity contribution in [2.45, 2.75) is 26.4 Å². The fourth-order valence-electron chi connectivity index (χ4n) is 1.25. The average molecular weight is 214 g/mol. The molecule has 1 N–H and O–H groups in total. The van der Waals surface area contributed by atoms with Crippen molar-refractivity contribution in [3.8, 4) is 0 Å². The average Bonchev–Trinajstić information content (AvgIpc) is 2.53. The van der Waals surface area contributed by atoms with Crippen LogP contribution in [0.5, 0.6) is 0 Å². The molecule has 78 valence electrons. The molecule has 0 atom stereocenters. The lowest BCUT2D eigenvalue weighted by Gasteiger charge is -2.06. The Morgan fingerprint density at radius 1 is 1.71 bits per heavy atom. The van der Waals surface area contributed by atoms with Crippen molar-refractivity contribution in [3.63, 3.8) is 0 Å². The molecule has 0 amide bonds. The Labute approximate surface area is 89.8 Å². The Morgan fingerprint density at radius 2 is 2.50 bits per heavy atom. The van der Waals surface area contributed by atoms with E-state index in [1.54, 1.807) is 0 Å². The molecule has 1 aromatic heterocycles. The van der Waals surface area contributed by atoms with Crippen molar-refractivity contribution in [3.05, 3.63) is 29.6 Å². The van der Waals surface area contributed by atoms with E-state index in [0.29, 0.717) is 11.6 Å². The fraction of sp³-hybridized carbons (Fsp3) is 0.500. The zero-order chi connectivity index (χ0) is 10.4. The van der Waals surface area contributed by atoms with E-state index in [-0.39, 0.29) is 0 Å². The summed E-state index contributed by atoms with van der Waals surface area (Å²) in [6.07, 6.45) is 2.92. The number of rotatable bonds is 6. The Morgan fingerprint density at radius 3 is 3.14 bits per heavy atom. The zero-order valence-electron chi connectivity index (χ0n) is 8.46. The van der Waals surface area contributed by atoms with E-state index < -0.39 is 0 Å². The largest absolute Gasteiger partial charge is 0.306 e. The molecule has 0 aromatic carbocycles. The Bertz CT molecular complexity index is 293. The van der Waals surface area contributed by atoms with Crippen molar-refractivity contribution < 1.29 is 0 Å². The van der Waals surface area contributed by atoms with Crippen LogP contribution >= 0.6 is 11.6 Å². The van der Waals surface area contributed by atoms with Crippen molar-refractivity contribution in [2.24, 2.45) is 0 Å². The monoisotopic (exact) mass is 213 g/mol. The molecule has 0 aliphatic rings. The summed E-state index contributed by atoms with van der Waals surface area (Å²) in [5, 5.41) is 8.05. The maximum Gasteiger partial charge on any atom is 0.0522 e. The van der Waals surface area contributed by atoms with E-state index >= 15 is 0 Å². The summed E-state index contributed by atoms with van der Waals surface area (Å²) in [6, 6.07) is 2.01. The van der Waals surface area contributed by atoms with Gasteiger partial charge in [-0.05, 0) is 12.5 Å². The normalized spacial score (nSPS) is 10.4. The minimum atomic E-state index is 0.631. The van der Waals surface area contributed by atoms with Gasteiger partial charge in [0.1, 0.15) is 0 Å². The number of halogens is 1. The van der Waals surface area contributed by atoms with Crippen molar-refractivity contribution in [1.82, 2.24) is 15.1 Å². The molecular formula is C10H16ClN3. The second-order valence-corrected chi connectivity index (χ2v) is 3.70. The number of aryl methyl sites for hydroxylation is 1. The van der Waals surface area contributed by atoms with Crippen LogP contribution in [0.3, 0.4) is 0 Å². The van der Waals surface area contributed by atoms with Crippen molar-refractivity contribution in [2.75, 3.05) is 6.54 Å². The second-order valence-electron chi connectivity index (χ2n) is 3.17. The molecule has 0 bridgehead atoms. The molecule has 1 aromatic rings. The van der Waals surface area contributed by atoms with Crippen molar-refractivity contribution >= 4 is 11.6 Å². The standard InChI is InChI=1S/C10H16ClN3/c1-3-6-14-10(4-5-13-14)8-12-7-9(2)11/h4-5,12H,2-3,6-8H2,1H3. The van der Waals surface area contributed by atoms with E-state index in [9.17, 15) is 0 Å². The lowest BCUT2D eigenvalue weighted by molar-refractivity contribution is 0.557. The van der Waals surface area contributed by atoms with E-state index in [4.69, 9.17) is 11.6 Å². The molecule has 4 heteroatoms. The van der Waals surface area contributed by atoms with Gasteiger partial charge in [0.25, 0.3) is 0 Å². The molecule has 14 heavy (non-hydrogen) atoms.